The highest BCUT2D eigenvalue weighted by atomic mass is 16.5. The maximum Gasteiger partial charge on any atom is 0.128 e. The Hall–Kier alpha value is -3.33. The lowest BCUT2D eigenvalue weighted by atomic mass is 9.77. The third-order valence-electron chi connectivity index (χ3n) is 6.10. The van der Waals surface area contributed by atoms with Crippen molar-refractivity contribution in [3.8, 4) is 5.75 Å². The molecule has 0 radical (unpaired) electrons. The summed E-state index contributed by atoms with van der Waals surface area (Å²) < 4.78 is 5.69. The minimum atomic E-state index is 0.316. The molecule has 3 heteroatoms. The molecule has 150 valence electrons. The summed E-state index contributed by atoms with van der Waals surface area (Å²) in [7, 11) is 0. The lowest BCUT2D eigenvalue weighted by Crippen LogP contribution is -2.28. The fraction of sp³-hybridized carbons (Fsp3) is 0.222. The van der Waals surface area contributed by atoms with Gasteiger partial charge in [0.2, 0.25) is 0 Å². The van der Waals surface area contributed by atoms with Crippen molar-refractivity contribution < 1.29 is 4.74 Å². The number of anilines is 1. The van der Waals surface area contributed by atoms with Crippen LogP contribution in [0.1, 0.15) is 42.0 Å². The lowest BCUT2D eigenvalue weighted by Gasteiger charge is -2.37. The first-order valence-corrected chi connectivity index (χ1v) is 10.7. The van der Waals surface area contributed by atoms with Crippen molar-refractivity contribution in [2.75, 3.05) is 11.9 Å². The third kappa shape index (κ3) is 3.52. The molecule has 0 spiro atoms. The molecule has 0 aromatic heterocycles. The molecule has 0 amide bonds. The molecule has 3 aromatic rings. The zero-order valence-corrected chi connectivity index (χ0v) is 17.2. The van der Waals surface area contributed by atoms with E-state index in [0.29, 0.717) is 24.5 Å². The predicted octanol–water partition coefficient (Wildman–Crippen LogP) is 6.66. The van der Waals surface area contributed by atoms with E-state index in [9.17, 15) is 0 Å². The summed E-state index contributed by atoms with van der Waals surface area (Å²) in [6, 6.07) is 25.6. The predicted molar refractivity (Wildman–Crippen MR) is 124 cm³/mol. The number of aliphatic imine (C=N–C) groups is 1. The fourth-order valence-corrected chi connectivity index (χ4v) is 4.66. The molecule has 0 unspecified atom stereocenters. The Morgan fingerprint density at radius 2 is 1.80 bits per heavy atom. The van der Waals surface area contributed by atoms with Gasteiger partial charge in [-0.1, -0.05) is 54.6 Å². The summed E-state index contributed by atoms with van der Waals surface area (Å²) in [6.45, 7) is 2.64. The van der Waals surface area contributed by atoms with Crippen molar-refractivity contribution in [3.05, 3.63) is 102 Å². The minimum absolute atomic E-state index is 0.316. The van der Waals surface area contributed by atoms with Crippen LogP contribution in [-0.2, 0) is 0 Å². The number of hydrogen-bond acceptors (Lipinski definition) is 3. The molecule has 5 rings (SSSR count). The van der Waals surface area contributed by atoms with Crippen molar-refractivity contribution in [1.82, 2.24) is 0 Å². The van der Waals surface area contributed by atoms with E-state index in [1.54, 1.807) is 0 Å². The second kappa shape index (κ2) is 8.19. The molecule has 2 aliphatic rings. The Morgan fingerprint density at radius 3 is 2.67 bits per heavy atom. The Labute approximate surface area is 178 Å². The monoisotopic (exact) mass is 394 g/mol. The van der Waals surface area contributed by atoms with Crippen LogP contribution in [0.5, 0.6) is 5.75 Å². The summed E-state index contributed by atoms with van der Waals surface area (Å²) in [5.41, 5.74) is 5.93. The van der Waals surface area contributed by atoms with E-state index in [-0.39, 0.29) is 0 Å². The van der Waals surface area contributed by atoms with E-state index in [4.69, 9.17) is 4.74 Å². The van der Waals surface area contributed by atoms with Crippen molar-refractivity contribution in [3.63, 3.8) is 0 Å². The van der Waals surface area contributed by atoms with Crippen LogP contribution in [0.25, 0.3) is 0 Å². The first kappa shape index (κ1) is 18.7. The number of nitrogens with one attached hydrogen (secondary N) is 1. The first-order chi connectivity index (χ1) is 14.8. The molecule has 1 N–H and O–H groups in total. The van der Waals surface area contributed by atoms with Gasteiger partial charge in [-0.25, -0.2) is 0 Å². The molecule has 3 aromatic carbocycles. The van der Waals surface area contributed by atoms with Crippen LogP contribution in [0.3, 0.4) is 0 Å². The second-order valence-corrected chi connectivity index (χ2v) is 7.88. The number of fused-ring (bicyclic) bond motifs is 3. The van der Waals surface area contributed by atoms with E-state index in [0.717, 1.165) is 23.4 Å². The maximum atomic E-state index is 5.69. The highest BCUT2D eigenvalue weighted by molar-refractivity contribution is 5.85. The highest BCUT2D eigenvalue weighted by Gasteiger charge is 2.37. The van der Waals surface area contributed by atoms with Crippen LogP contribution in [0.2, 0.25) is 0 Å². The smallest absolute Gasteiger partial charge is 0.128 e. The van der Waals surface area contributed by atoms with Gasteiger partial charge in [-0.2, -0.15) is 0 Å². The first-order valence-electron chi connectivity index (χ1n) is 10.7. The minimum Gasteiger partial charge on any atom is -0.493 e. The standard InChI is InChI=1S/C27H26N2O/c1-2-30-26-13-6-3-8-20(26)18-28-21-16-14-19(15-17-21)27-24-11-7-10-22(24)23-9-4-5-12-25(23)29-27/h3-10,12-18,22,24,27,29H,2,11H2,1H3/t22-,24-,27+/m1/s1. The van der Waals surface area contributed by atoms with E-state index in [2.05, 4.69) is 71.0 Å². The van der Waals surface area contributed by atoms with E-state index in [1.807, 2.05) is 37.4 Å². The van der Waals surface area contributed by atoms with Gasteiger partial charge < -0.3 is 10.1 Å². The molecule has 3 atom stereocenters. The number of hydrogen-bond donors (Lipinski definition) is 1. The molecular formula is C27H26N2O. The zero-order chi connectivity index (χ0) is 20.3. The maximum absolute atomic E-state index is 5.69. The zero-order valence-electron chi connectivity index (χ0n) is 17.2. The van der Waals surface area contributed by atoms with E-state index in [1.165, 1.54) is 16.8 Å². The summed E-state index contributed by atoms with van der Waals surface area (Å²) in [5, 5.41) is 3.79. The summed E-state index contributed by atoms with van der Waals surface area (Å²) in [5.74, 6) is 1.93. The third-order valence-corrected chi connectivity index (χ3v) is 6.10. The average molecular weight is 395 g/mol. The average Bonchev–Trinajstić information content (AvgIpc) is 3.29. The Balaban J connectivity index is 1.37. The SMILES string of the molecule is CCOc1ccccc1C=Nc1ccc([C@@H]2Nc3ccccc3[C@H]3C=CC[C@H]32)cc1. The Bertz CT molecular complexity index is 1080. The molecule has 0 fully saturated rings. The molecule has 3 nitrogen and oxygen atoms in total. The largest absolute Gasteiger partial charge is 0.493 e. The van der Waals surface area contributed by atoms with Gasteiger partial charge in [-0.15, -0.1) is 0 Å². The molecule has 0 saturated heterocycles. The van der Waals surface area contributed by atoms with Crippen LogP contribution >= 0.6 is 0 Å². The van der Waals surface area contributed by atoms with Crippen molar-refractivity contribution in [2.45, 2.75) is 25.3 Å². The quantitative estimate of drug-likeness (QED) is 0.388. The number of para-hydroxylation sites is 2. The highest BCUT2D eigenvalue weighted by Crippen LogP contribution is 2.49. The number of nitrogens with zero attached hydrogens (tertiary/aromatic N) is 1. The van der Waals surface area contributed by atoms with Gasteiger partial charge in [-0.3, -0.25) is 4.99 Å². The normalized spacial score (nSPS) is 21.8. The lowest BCUT2D eigenvalue weighted by molar-refractivity contribution is 0.340. The Kier molecular flexibility index (Phi) is 5.10. The van der Waals surface area contributed by atoms with Crippen LogP contribution in [0.15, 0.2) is 89.9 Å². The molecule has 30 heavy (non-hydrogen) atoms. The van der Waals surface area contributed by atoms with E-state index < -0.39 is 0 Å². The molecule has 0 bridgehead atoms. The van der Waals surface area contributed by atoms with Gasteiger partial charge in [0.05, 0.1) is 18.3 Å². The van der Waals surface area contributed by atoms with Gasteiger partial charge >= 0.3 is 0 Å². The van der Waals surface area contributed by atoms with Crippen LogP contribution in [0.4, 0.5) is 11.4 Å². The number of rotatable bonds is 5. The molecule has 1 heterocycles. The van der Waals surface area contributed by atoms with Crippen molar-refractivity contribution in [2.24, 2.45) is 10.9 Å². The molecular weight excluding hydrogens is 368 g/mol. The van der Waals surface area contributed by atoms with Crippen LogP contribution in [-0.4, -0.2) is 12.8 Å². The number of ether oxygens (including phenoxy) is 1. The van der Waals surface area contributed by atoms with Gasteiger partial charge in [0.15, 0.2) is 0 Å². The van der Waals surface area contributed by atoms with Crippen LogP contribution < -0.4 is 10.1 Å². The van der Waals surface area contributed by atoms with Crippen LogP contribution in [0, 0.1) is 5.92 Å². The van der Waals surface area contributed by atoms with Gasteiger partial charge in [0.1, 0.15) is 5.75 Å². The number of benzene rings is 3. The van der Waals surface area contributed by atoms with Gasteiger partial charge in [-0.05, 0) is 60.7 Å². The second-order valence-electron chi connectivity index (χ2n) is 7.88. The Morgan fingerprint density at radius 1 is 1.00 bits per heavy atom. The summed E-state index contributed by atoms with van der Waals surface area (Å²) in [6.07, 6.45) is 7.71. The van der Waals surface area contributed by atoms with Gasteiger partial charge in [0, 0.05) is 23.4 Å². The van der Waals surface area contributed by atoms with Crippen molar-refractivity contribution in [1.29, 1.82) is 0 Å². The number of allylic oxidation sites excluding steroid dienone is 2. The fourth-order valence-electron chi connectivity index (χ4n) is 4.66. The molecule has 1 aliphatic heterocycles. The van der Waals surface area contributed by atoms with Crippen molar-refractivity contribution >= 4 is 17.6 Å². The molecule has 0 saturated carbocycles. The molecule has 1 aliphatic carbocycles. The summed E-state index contributed by atoms with van der Waals surface area (Å²) >= 11 is 0. The summed E-state index contributed by atoms with van der Waals surface area (Å²) in [4.78, 5) is 4.67. The van der Waals surface area contributed by atoms with Gasteiger partial charge in [0.25, 0.3) is 0 Å². The van der Waals surface area contributed by atoms with E-state index >= 15 is 0 Å². The topological polar surface area (TPSA) is 33.6 Å².